The Bertz CT molecular complexity index is 3250. The summed E-state index contributed by atoms with van der Waals surface area (Å²) in [5, 5.41) is 21.9. The van der Waals surface area contributed by atoms with Gasteiger partial charge in [0.2, 0.25) is 0 Å². The molecular formula is C76H97BO6. The molecule has 0 amide bonds. The van der Waals surface area contributed by atoms with Crippen LogP contribution < -0.4 is 5.46 Å². The molecule has 6 nitrogen and oxygen atoms in total. The van der Waals surface area contributed by atoms with Crippen molar-refractivity contribution in [2.75, 3.05) is 7.11 Å². The molecule has 3 fully saturated rings. The molecule has 0 aromatic heterocycles. The van der Waals surface area contributed by atoms with Crippen molar-refractivity contribution in [1.82, 2.24) is 0 Å². The highest BCUT2D eigenvalue weighted by Crippen LogP contribution is 2.44. The fourth-order valence-corrected chi connectivity index (χ4v) is 13.6. The Balaban J connectivity index is 0.000000219. The van der Waals surface area contributed by atoms with Crippen LogP contribution in [0.4, 0.5) is 0 Å². The van der Waals surface area contributed by atoms with Crippen molar-refractivity contribution in [1.29, 1.82) is 0 Å². The van der Waals surface area contributed by atoms with Crippen LogP contribution in [0.5, 0.6) is 0 Å². The molecule has 1 saturated heterocycles. The quantitative estimate of drug-likeness (QED) is 0.0699. The molecule has 2 aliphatic carbocycles. The molecule has 83 heavy (non-hydrogen) atoms. The van der Waals surface area contributed by atoms with Gasteiger partial charge in [-0.15, -0.1) is 0 Å². The maximum absolute atomic E-state index is 11.6. The molecule has 0 spiro atoms. The number of hydrogen-bond acceptors (Lipinski definition) is 6. The van der Waals surface area contributed by atoms with E-state index in [1.54, 1.807) is 0 Å². The molecule has 1 heterocycles. The van der Waals surface area contributed by atoms with E-state index in [0.29, 0.717) is 6.42 Å². The van der Waals surface area contributed by atoms with Crippen LogP contribution in [0.25, 0.3) is 34.4 Å². The van der Waals surface area contributed by atoms with Gasteiger partial charge in [-0.2, -0.15) is 0 Å². The van der Waals surface area contributed by atoms with Gasteiger partial charge in [-0.1, -0.05) is 211 Å². The van der Waals surface area contributed by atoms with Crippen LogP contribution in [0.1, 0.15) is 212 Å². The lowest BCUT2D eigenvalue weighted by molar-refractivity contribution is -0.139. The molecule has 2 N–H and O–H groups in total. The molecule has 1 aliphatic heterocycles. The first-order chi connectivity index (χ1) is 39.5. The van der Waals surface area contributed by atoms with Crippen LogP contribution in [0.2, 0.25) is 0 Å². The summed E-state index contributed by atoms with van der Waals surface area (Å²) in [6, 6.07) is 42.6. The third-order valence-electron chi connectivity index (χ3n) is 20.1. The summed E-state index contributed by atoms with van der Waals surface area (Å²) in [6.07, 6.45) is 23.1. The van der Waals surface area contributed by atoms with Crippen molar-refractivity contribution < 1.29 is 29.1 Å². The monoisotopic (exact) mass is 1120 g/mol. The van der Waals surface area contributed by atoms with Gasteiger partial charge in [-0.3, -0.25) is 4.79 Å². The Morgan fingerprint density at radius 1 is 0.506 bits per heavy atom. The molecule has 7 heteroatoms. The second-order valence-corrected chi connectivity index (χ2v) is 25.9. The number of ether oxygens (including phenoxy) is 1. The number of aryl methyl sites for hydroxylation is 5. The first kappa shape index (κ1) is 63.2. The summed E-state index contributed by atoms with van der Waals surface area (Å²) in [6.45, 7) is 28.6. The molecule has 0 unspecified atom stereocenters. The minimum atomic E-state index is -0.652. The van der Waals surface area contributed by atoms with E-state index in [1.807, 2.05) is 24.3 Å². The summed E-state index contributed by atoms with van der Waals surface area (Å²) in [4.78, 5) is 11.6. The Labute approximate surface area is 500 Å². The van der Waals surface area contributed by atoms with E-state index in [1.165, 1.54) is 97.8 Å². The van der Waals surface area contributed by atoms with Crippen molar-refractivity contribution >= 4 is 30.7 Å². The van der Waals surface area contributed by atoms with Crippen molar-refractivity contribution in [2.45, 2.75) is 220 Å². The van der Waals surface area contributed by atoms with E-state index in [2.05, 4.69) is 205 Å². The van der Waals surface area contributed by atoms with Gasteiger partial charge in [0.15, 0.2) is 0 Å². The van der Waals surface area contributed by atoms with Crippen molar-refractivity contribution in [3.8, 4) is 22.3 Å². The Hall–Kier alpha value is -5.83. The maximum atomic E-state index is 11.6. The summed E-state index contributed by atoms with van der Waals surface area (Å²) in [5.41, 5.74) is 18.8. The Morgan fingerprint density at radius 2 is 0.892 bits per heavy atom. The summed E-state index contributed by atoms with van der Waals surface area (Å²) in [7, 11) is 1.07. The van der Waals surface area contributed by atoms with E-state index in [9.17, 15) is 15.0 Å². The largest absolute Gasteiger partial charge is 0.495 e. The van der Waals surface area contributed by atoms with Crippen LogP contribution >= 0.6 is 0 Å². The van der Waals surface area contributed by atoms with Gasteiger partial charge in [0.05, 0.1) is 35.9 Å². The highest BCUT2D eigenvalue weighted by molar-refractivity contribution is 6.62. The number of esters is 1. The van der Waals surface area contributed by atoms with Crippen LogP contribution in [-0.2, 0) is 36.1 Å². The van der Waals surface area contributed by atoms with Crippen LogP contribution in [-0.4, -0.2) is 52.8 Å². The van der Waals surface area contributed by atoms with Gasteiger partial charge in [0, 0.05) is 10.8 Å². The molecule has 3 aliphatic rings. The van der Waals surface area contributed by atoms with Gasteiger partial charge in [0.1, 0.15) is 0 Å². The minimum absolute atomic E-state index is 0.0611. The van der Waals surface area contributed by atoms with Gasteiger partial charge >= 0.3 is 13.1 Å². The van der Waals surface area contributed by atoms with E-state index >= 15 is 0 Å². The fraction of sp³-hybridized carbons (Fsp3) is 0.461. The molecule has 6 aromatic carbocycles. The average Bonchev–Trinajstić information content (AvgIpc) is 3.97. The number of benzene rings is 6. The number of rotatable bonds is 17. The molecule has 2 saturated carbocycles. The van der Waals surface area contributed by atoms with E-state index in [0.717, 1.165) is 93.6 Å². The SMILES string of the molecule is CCC(CC)(c1ccc(/C=C/C2(O)CCCCC2)c(C)c1)c1ccc(-c2ccc(B3OC(C)(C)C(C)(C)O3)c(C)c2)c(C)c1.CCC(CC)(c1ccc(/C=C/C2(O)CCCCC2)c(C)c1)c1ccc(-c2ccc(CC(=O)OC)cc2)c(C)c1. The first-order valence-electron chi connectivity index (χ1n) is 31.4. The lowest BCUT2D eigenvalue weighted by atomic mass is 9.69. The third kappa shape index (κ3) is 13.8. The first-order valence-corrected chi connectivity index (χ1v) is 31.4. The Kier molecular flexibility index (Phi) is 20.0. The zero-order valence-electron chi connectivity index (χ0n) is 53.0. The zero-order valence-corrected chi connectivity index (χ0v) is 53.0. The zero-order chi connectivity index (χ0) is 60.0. The molecule has 0 atom stereocenters. The molecule has 0 radical (unpaired) electrons. The number of carbonyl (C=O) groups excluding carboxylic acids is 1. The van der Waals surface area contributed by atoms with Crippen molar-refractivity contribution in [2.24, 2.45) is 0 Å². The van der Waals surface area contributed by atoms with E-state index in [-0.39, 0.29) is 35.1 Å². The lowest BCUT2D eigenvalue weighted by Crippen LogP contribution is -2.41. The van der Waals surface area contributed by atoms with Gasteiger partial charge in [-0.05, 0) is 203 Å². The predicted octanol–water partition coefficient (Wildman–Crippen LogP) is 17.9. The van der Waals surface area contributed by atoms with E-state index < -0.39 is 11.2 Å². The maximum Gasteiger partial charge on any atom is 0.495 e. The molecule has 0 bridgehead atoms. The number of hydrogen-bond donors (Lipinski definition) is 2. The summed E-state index contributed by atoms with van der Waals surface area (Å²) in [5.74, 6) is -0.223. The third-order valence-corrected chi connectivity index (χ3v) is 20.1. The number of carbonyl (C=O) groups is 1. The normalized spacial score (nSPS) is 17.6. The van der Waals surface area contributed by atoms with Crippen molar-refractivity contribution in [3.63, 3.8) is 0 Å². The average molecular weight is 1120 g/mol. The second kappa shape index (κ2) is 26.2. The smallest absolute Gasteiger partial charge is 0.469 e. The van der Waals surface area contributed by atoms with Crippen LogP contribution in [0.15, 0.2) is 127 Å². The van der Waals surface area contributed by atoms with Gasteiger partial charge in [0.25, 0.3) is 0 Å². The molecule has 440 valence electrons. The van der Waals surface area contributed by atoms with Crippen LogP contribution in [0, 0.1) is 34.6 Å². The fourth-order valence-electron chi connectivity index (χ4n) is 13.6. The second-order valence-electron chi connectivity index (χ2n) is 25.9. The highest BCUT2D eigenvalue weighted by atomic mass is 16.7. The van der Waals surface area contributed by atoms with Crippen molar-refractivity contribution in [3.05, 3.63) is 194 Å². The standard InChI is InChI=1S/C40H53BO3.C36H44O3/c1-10-40(11-2,33-17-15-31(28(3)26-33)21-24-39(42)22-13-12-14-23-39)34-18-19-35(29(4)27-34)32-16-20-36(30(5)25-32)41-43-37(6,7)38(8,9)44-41;1-6-36(7-2,31-16-15-29(26(3)23-31)19-22-35(38)20-9-8-10-21-35)32-17-18-33(27(4)24-32)30-13-11-28(12-14-30)25-34(37)39-5/h15-21,24-27,42H,10-14,22-23H2,1-9H3;11-19,22-24,38H,6-10,20-21,25H2,1-5H3/b24-21+;22-19+. The van der Waals surface area contributed by atoms with E-state index in [4.69, 9.17) is 14.0 Å². The van der Waals surface area contributed by atoms with Gasteiger partial charge in [-0.25, -0.2) is 0 Å². The highest BCUT2D eigenvalue weighted by Gasteiger charge is 2.52. The number of aliphatic hydroxyl groups is 2. The molecular weight excluding hydrogens is 1020 g/mol. The summed E-state index contributed by atoms with van der Waals surface area (Å²) < 4.78 is 17.5. The van der Waals surface area contributed by atoms with Gasteiger partial charge < -0.3 is 24.3 Å². The van der Waals surface area contributed by atoms with Crippen LogP contribution in [0.3, 0.4) is 0 Å². The Morgan fingerprint density at radius 3 is 1.27 bits per heavy atom. The lowest BCUT2D eigenvalue weighted by Gasteiger charge is -2.34. The topological polar surface area (TPSA) is 85.2 Å². The summed E-state index contributed by atoms with van der Waals surface area (Å²) >= 11 is 0. The minimum Gasteiger partial charge on any atom is -0.469 e. The number of methoxy groups -OCH3 is 1. The molecule has 6 aromatic rings. The molecule has 9 rings (SSSR count). The predicted molar refractivity (Wildman–Crippen MR) is 349 cm³/mol.